The van der Waals surface area contributed by atoms with Crippen LogP contribution in [0.25, 0.3) is 20.3 Å². The quantitative estimate of drug-likeness (QED) is 0.454. The lowest BCUT2D eigenvalue weighted by Gasteiger charge is -2.11. The molecule has 1 amide bonds. The third-order valence-electron chi connectivity index (χ3n) is 5.10. The fourth-order valence-electron chi connectivity index (χ4n) is 3.59. The first-order valence-electron chi connectivity index (χ1n) is 9.66. The number of amides is 1. The van der Waals surface area contributed by atoms with Gasteiger partial charge >= 0.3 is 0 Å². The predicted octanol–water partition coefficient (Wildman–Crippen LogP) is 3.74. The van der Waals surface area contributed by atoms with Crippen LogP contribution in [0.2, 0.25) is 0 Å². The van der Waals surface area contributed by atoms with Crippen molar-refractivity contribution in [2.75, 3.05) is 13.2 Å². The van der Waals surface area contributed by atoms with Crippen molar-refractivity contribution in [1.82, 2.24) is 14.9 Å². The first kappa shape index (κ1) is 19.3. The molecule has 148 valence electrons. The number of unbranched alkanes of at least 4 members (excludes halogenated alkanes) is 1. The lowest BCUT2D eigenvalue weighted by atomic mass is 10.2. The molecule has 1 atom stereocenters. The van der Waals surface area contributed by atoms with Gasteiger partial charge in [0.05, 0.1) is 11.6 Å². The molecule has 0 aliphatic carbocycles. The van der Waals surface area contributed by atoms with Gasteiger partial charge in [-0.15, -0.1) is 11.3 Å². The maximum atomic E-state index is 12.9. The normalized spacial score (nSPS) is 16.8. The minimum absolute atomic E-state index is 0.0352. The van der Waals surface area contributed by atoms with E-state index in [1.807, 2.05) is 24.3 Å². The molecule has 1 aliphatic rings. The van der Waals surface area contributed by atoms with E-state index in [9.17, 15) is 9.59 Å². The van der Waals surface area contributed by atoms with Crippen molar-refractivity contribution in [3.05, 3.63) is 39.4 Å². The van der Waals surface area contributed by atoms with E-state index in [4.69, 9.17) is 17.0 Å². The second-order valence-electron chi connectivity index (χ2n) is 7.09. The number of carbonyl (C=O) groups is 1. The van der Waals surface area contributed by atoms with E-state index in [2.05, 4.69) is 10.3 Å². The number of H-pyrrole nitrogens is 1. The third kappa shape index (κ3) is 4.04. The van der Waals surface area contributed by atoms with Gasteiger partial charge in [0.2, 0.25) is 5.91 Å². The molecule has 3 aromatic rings. The number of carbonyl (C=O) groups excluding carboxylic acids is 1. The van der Waals surface area contributed by atoms with Crippen molar-refractivity contribution >= 4 is 49.8 Å². The largest absolute Gasteiger partial charge is 0.376 e. The van der Waals surface area contributed by atoms with Gasteiger partial charge in [0.25, 0.3) is 5.56 Å². The number of nitrogens with zero attached hydrogens (tertiary/aromatic N) is 1. The smallest absolute Gasteiger partial charge is 0.272 e. The molecule has 8 heteroatoms. The van der Waals surface area contributed by atoms with Crippen LogP contribution >= 0.6 is 23.6 Å². The Bertz CT molecular complexity index is 1110. The molecule has 0 radical (unpaired) electrons. The zero-order valence-electron chi connectivity index (χ0n) is 15.5. The van der Waals surface area contributed by atoms with Gasteiger partial charge < -0.3 is 15.0 Å². The number of thiophene rings is 1. The standard InChI is InChI=1S/C20H23N3O3S2/c24-16(21-12-13-6-5-11-26-13)9-3-4-10-23-19(25)18-17(22-20(23)27)14-7-1-2-8-15(14)28-18/h1-2,7-8,13H,3-6,9-12H2,(H,21,24)(H,22,27)/t13-/m1/s1. The molecule has 1 aliphatic heterocycles. The molecule has 0 saturated carbocycles. The fourth-order valence-corrected chi connectivity index (χ4v) is 4.97. The van der Waals surface area contributed by atoms with Crippen molar-refractivity contribution in [3.8, 4) is 0 Å². The topological polar surface area (TPSA) is 76.1 Å². The third-order valence-corrected chi connectivity index (χ3v) is 6.58. The van der Waals surface area contributed by atoms with Crippen molar-refractivity contribution < 1.29 is 9.53 Å². The van der Waals surface area contributed by atoms with Crippen molar-refractivity contribution in [1.29, 1.82) is 0 Å². The SMILES string of the molecule is O=C(CCCCn1c(=S)[nH]c2c(sc3ccccc32)c1=O)NC[C@H]1CCCO1. The lowest BCUT2D eigenvalue weighted by Crippen LogP contribution is -2.31. The molecule has 3 heterocycles. The van der Waals surface area contributed by atoms with Gasteiger partial charge in [-0.3, -0.25) is 14.2 Å². The molecule has 0 bridgehead atoms. The Morgan fingerprint density at radius 1 is 1.36 bits per heavy atom. The Morgan fingerprint density at radius 3 is 3.04 bits per heavy atom. The van der Waals surface area contributed by atoms with E-state index >= 15 is 0 Å². The van der Waals surface area contributed by atoms with Gasteiger partial charge in [-0.05, 0) is 44.0 Å². The number of fused-ring (bicyclic) bond motifs is 3. The average Bonchev–Trinajstić information content (AvgIpc) is 3.34. The van der Waals surface area contributed by atoms with Crippen LogP contribution in [0, 0.1) is 4.77 Å². The van der Waals surface area contributed by atoms with Crippen LogP contribution < -0.4 is 10.9 Å². The van der Waals surface area contributed by atoms with E-state index in [0.29, 0.717) is 35.4 Å². The summed E-state index contributed by atoms with van der Waals surface area (Å²) in [4.78, 5) is 28.1. The number of ether oxygens (including phenoxy) is 1. The van der Waals surface area contributed by atoms with E-state index in [1.165, 1.54) is 11.3 Å². The number of hydrogen-bond acceptors (Lipinski definition) is 5. The predicted molar refractivity (Wildman–Crippen MR) is 115 cm³/mol. The summed E-state index contributed by atoms with van der Waals surface area (Å²) in [5, 5.41) is 3.96. The Balaban J connectivity index is 1.37. The minimum atomic E-state index is -0.0530. The van der Waals surface area contributed by atoms with Crippen LogP contribution in [-0.2, 0) is 16.1 Å². The highest BCUT2D eigenvalue weighted by Crippen LogP contribution is 2.29. The van der Waals surface area contributed by atoms with Crippen LogP contribution in [0.4, 0.5) is 0 Å². The molecule has 0 spiro atoms. The summed E-state index contributed by atoms with van der Waals surface area (Å²) in [7, 11) is 0. The van der Waals surface area contributed by atoms with Crippen LogP contribution in [0.5, 0.6) is 0 Å². The monoisotopic (exact) mass is 417 g/mol. The maximum Gasteiger partial charge on any atom is 0.272 e. The number of benzene rings is 1. The summed E-state index contributed by atoms with van der Waals surface area (Å²) < 4.78 is 9.31. The first-order valence-corrected chi connectivity index (χ1v) is 10.9. The summed E-state index contributed by atoms with van der Waals surface area (Å²) in [6.07, 6.45) is 4.13. The minimum Gasteiger partial charge on any atom is -0.376 e. The highest BCUT2D eigenvalue weighted by molar-refractivity contribution is 7.71. The molecule has 1 aromatic carbocycles. The summed E-state index contributed by atoms with van der Waals surface area (Å²) in [5.74, 6) is 0.0352. The van der Waals surface area contributed by atoms with Gasteiger partial charge in [-0.1, -0.05) is 18.2 Å². The van der Waals surface area contributed by atoms with Crippen LogP contribution in [0.1, 0.15) is 32.1 Å². The van der Waals surface area contributed by atoms with Crippen LogP contribution in [-0.4, -0.2) is 34.7 Å². The lowest BCUT2D eigenvalue weighted by molar-refractivity contribution is -0.121. The van der Waals surface area contributed by atoms with E-state index in [0.717, 1.165) is 41.5 Å². The van der Waals surface area contributed by atoms with Gasteiger partial charge in [0.15, 0.2) is 4.77 Å². The summed E-state index contributed by atoms with van der Waals surface area (Å²) >= 11 is 6.91. The molecule has 28 heavy (non-hydrogen) atoms. The second-order valence-corrected chi connectivity index (χ2v) is 8.52. The molecule has 4 rings (SSSR count). The Morgan fingerprint density at radius 2 is 2.21 bits per heavy atom. The van der Waals surface area contributed by atoms with Crippen LogP contribution in [0.15, 0.2) is 29.1 Å². The Kier molecular flexibility index (Phi) is 5.89. The second kappa shape index (κ2) is 8.55. The molecule has 1 fully saturated rings. The Hall–Kier alpha value is -2.03. The van der Waals surface area contributed by atoms with Gasteiger partial charge in [-0.25, -0.2) is 0 Å². The van der Waals surface area contributed by atoms with Gasteiger partial charge in [-0.2, -0.15) is 0 Å². The number of hydrogen-bond donors (Lipinski definition) is 2. The molecule has 0 unspecified atom stereocenters. The highest BCUT2D eigenvalue weighted by Gasteiger charge is 2.16. The van der Waals surface area contributed by atoms with E-state index in [-0.39, 0.29) is 17.6 Å². The number of aromatic amines is 1. The molecule has 2 N–H and O–H groups in total. The van der Waals surface area contributed by atoms with Crippen molar-refractivity contribution in [3.63, 3.8) is 0 Å². The zero-order valence-corrected chi connectivity index (χ0v) is 17.2. The van der Waals surface area contributed by atoms with Crippen molar-refractivity contribution in [2.24, 2.45) is 0 Å². The summed E-state index contributed by atoms with van der Waals surface area (Å²) in [6, 6.07) is 7.93. The van der Waals surface area contributed by atoms with E-state index < -0.39 is 0 Å². The van der Waals surface area contributed by atoms with Gasteiger partial charge in [0.1, 0.15) is 4.70 Å². The first-order chi connectivity index (χ1) is 13.6. The molecule has 2 aromatic heterocycles. The Labute approximate surface area is 171 Å². The maximum absolute atomic E-state index is 12.9. The fraction of sp³-hybridized carbons (Fsp3) is 0.450. The van der Waals surface area contributed by atoms with E-state index in [1.54, 1.807) is 4.57 Å². The van der Waals surface area contributed by atoms with Crippen LogP contribution in [0.3, 0.4) is 0 Å². The summed E-state index contributed by atoms with van der Waals surface area (Å²) in [6.45, 7) is 1.89. The zero-order chi connectivity index (χ0) is 19.5. The molecule has 1 saturated heterocycles. The average molecular weight is 418 g/mol. The molecular weight excluding hydrogens is 394 g/mol. The van der Waals surface area contributed by atoms with Crippen molar-refractivity contribution in [2.45, 2.75) is 44.8 Å². The number of nitrogens with one attached hydrogen (secondary N) is 2. The number of aromatic nitrogens is 2. The van der Waals surface area contributed by atoms with Gasteiger partial charge in [0, 0.05) is 36.2 Å². The summed E-state index contributed by atoms with van der Waals surface area (Å²) in [5.41, 5.74) is 0.767. The molecular formula is C20H23N3O3S2. The highest BCUT2D eigenvalue weighted by atomic mass is 32.1. The number of rotatable bonds is 7. The molecule has 6 nitrogen and oxygen atoms in total.